The first-order chi connectivity index (χ1) is 13.1. The fraction of sp³-hybridized carbons (Fsp3) is 0.294. The molecule has 0 saturated carbocycles. The fourth-order valence-electron chi connectivity index (χ4n) is 2.05. The second-order valence-corrected chi connectivity index (χ2v) is 7.97. The van der Waals surface area contributed by atoms with Crippen LogP contribution in [0.1, 0.15) is 16.2 Å². The molecule has 11 heteroatoms. The average molecular weight is 408 g/mol. The van der Waals surface area contributed by atoms with Crippen molar-refractivity contribution in [3.63, 3.8) is 0 Å². The summed E-state index contributed by atoms with van der Waals surface area (Å²) in [4.78, 5) is 31.8. The van der Waals surface area contributed by atoms with Crippen molar-refractivity contribution < 1.29 is 27.5 Å². The van der Waals surface area contributed by atoms with Crippen molar-refractivity contribution in [1.29, 1.82) is 0 Å². The minimum atomic E-state index is -3.70. The molecule has 0 aliphatic heterocycles. The Morgan fingerprint density at radius 1 is 1.18 bits per heavy atom. The van der Waals surface area contributed by atoms with Gasteiger partial charge in [-0.05, 0) is 25.1 Å². The lowest BCUT2D eigenvalue weighted by atomic mass is 10.3. The van der Waals surface area contributed by atoms with E-state index in [4.69, 9.17) is 9.47 Å². The Morgan fingerprint density at radius 3 is 2.46 bits per heavy atom. The number of carbonyl (C=O) groups is 2. The second kappa shape index (κ2) is 8.76. The van der Waals surface area contributed by atoms with Crippen LogP contribution in [0.4, 0.5) is 5.69 Å². The Morgan fingerprint density at radius 2 is 1.89 bits per heavy atom. The van der Waals surface area contributed by atoms with Crippen LogP contribution in [-0.4, -0.2) is 62.4 Å². The van der Waals surface area contributed by atoms with Gasteiger partial charge in [-0.1, -0.05) is 0 Å². The molecule has 0 aliphatic carbocycles. The molecule has 2 rings (SSSR count). The third-order valence-corrected chi connectivity index (χ3v) is 5.36. The zero-order valence-electron chi connectivity index (χ0n) is 15.8. The number of aryl methyl sites for hydroxylation is 1. The van der Waals surface area contributed by atoms with Gasteiger partial charge in [0.25, 0.3) is 5.91 Å². The molecular formula is C17H20N4O6S. The summed E-state index contributed by atoms with van der Waals surface area (Å²) in [7, 11) is 0.465. The molecule has 1 aromatic heterocycles. The Kier molecular flexibility index (Phi) is 6.65. The molecule has 10 nitrogen and oxygen atoms in total. The second-order valence-electron chi connectivity index (χ2n) is 5.82. The topological polar surface area (TPSA) is 128 Å². The monoisotopic (exact) mass is 408 g/mol. The smallest absolute Gasteiger partial charge is 0.359 e. The first-order valence-corrected chi connectivity index (χ1v) is 9.45. The lowest BCUT2D eigenvalue weighted by molar-refractivity contribution is -0.119. The number of anilines is 1. The molecule has 1 heterocycles. The van der Waals surface area contributed by atoms with Gasteiger partial charge in [0.2, 0.25) is 10.0 Å². The molecule has 0 radical (unpaired) electrons. The molecule has 1 N–H and O–H groups in total. The zero-order chi connectivity index (χ0) is 20.9. The molecule has 0 spiro atoms. The Bertz CT molecular complexity index is 974. The van der Waals surface area contributed by atoms with E-state index in [0.29, 0.717) is 5.69 Å². The number of ether oxygens (including phenoxy) is 2. The van der Waals surface area contributed by atoms with Gasteiger partial charge in [-0.3, -0.25) is 9.78 Å². The van der Waals surface area contributed by atoms with E-state index in [2.05, 4.69) is 15.3 Å². The predicted molar refractivity (Wildman–Crippen MR) is 99.5 cm³/mol. The van der Waals surface area contributed by atoms with Gasteiger partial charge in [-0.15, -0.1) is 0 Å². The summed E-state index contributed by atoms with van der Waals surface area (Å²) in [6.45, 7) is 1.12. The molecule has 0 saturated heterocycles. The molecular weight excluding hydrogens is 388 g/mol. The Balaban J connectivity index is 2.10. The standard InChI is InChI=1S/C17H20N4O6S/c1-11-8-19-14(9-18-11)17(23)27-10-16(22)20-13-7-12(5-6-15(13)26-4)28(24,25)21(2)3/h5-9H,10H2,1-4H3,(H,20,22). The van der Waals surface area contributed by atoms with E-state index in [1.165, 1.54) is 51.8 Å². The first kappa shape index (κ1) is 21.3. The number of aromatic nitrogens is 2. The van der Waals surface area contributed by atoms with Gasteiger partial charge in [0.15, 0.2) is 12.3 Å². The summed E-state index contributed by atoms with van der Waals surface area (Å²) in [5.74, 6) is -1.23. The minimum Gasteiger partial charge on any atom is -0.495 e. The highest BCUT2D eigenvalue weighted by atomic mass is 32.2. The number of amides is 1. The van der Waals surface area contributed by atoms with E-state index >= 15 is 0 Å². The molecule has 0 fully saturated rings. The van der Waals surface area contributed by atoms with Crippen LogP contribution in [0.3, 0.4) is 0 Å². The van der Waals surface area contributed by atoms with Crippen molar-refractivity contribution in [2.24, 2.45) is 0 Å². The summed E-state index contributed by atoms with van der Waals surface area (Å²) in [5.41, 5.74) is 0.727. The Hall–Kier alpha value is -3.05. The quantitative estimate of drug-likeness (QED) is 0.668. The van der Waals surface area contributed by atoms with Crippen molar-refractivity contribution in [3.05, 3.63) is 42.0 Å². The lowest BCUT2D eigenvalue weighted by Crippen LogP contribution is -2.24. The maximum atomic E-state index is 12.3. The number of carbonyl (C=O) groups excluding carboxylic acids is 2. The van der Waals surface area contributed by atoms with E-state index in [9.17, 15) is 18.0 Å². The molecule has 2 aromatic rings. The maximum Gasteiger partial charge on any atom is 0.359 e. The number of hydrogen-bond acceptors (Lipinski definition) is 8. The van der Waals surface area contributed by atoms with E-state index in [1.54, 1.807) is 6.92 Å². The molecule has 1 aromatic carbocycles. The van der Waals surface area contributed by atoms with Crippen LogP contribution in [0.25, 0.3) is 0 Å². The highest BCUT2D eigenvalue weighted by Gasteiger charge is 2.20. The summed E-state index contributed by atoms with van der Waals surface area (Å²) < 4.78 is 35.6. The zero-order valence-corrected chi connectivity index (χ0v) is 16.6. The van der Waals surface area contributed by atoms with E-state index in [1.807, 2.05) is 0 Å². The number of sulfonamides is 1. The number of benzene rings is 1. The fourth-order valence-corrected chi connectivity index (χ4v) is 2.97. The summed E-state index contributed by atoms with van der Waals surface area (Å²) >= 11 is 0. The van der Waals surface area contributed by atoms with Gasteiger partial charge in [0.1, 0.15) is 5.75 Å². The molecule has 150 valence electrons. The van der Waals surface area contributed by atoms with E-state index < -0.39 is 28.5 Å². The summed E-state index contributed by atoms with van der Waals surface area (Å²) in [6, 6.07) is 4.04. The van der Waals surface area contributed by atoms with Crippen LogP contribution in [0, 0.1) is 6.92 Å². The van der Waals surface area contributed by atoms with Crippen molar-refractivity contribution >= 4 is 27.6 Å². The molecule has 0 unspecified atom stereocenters. The largest absolute Gasteiger partial charge is 0.495 e. The lowest BCUT2D eigenvalue weighted by Gasteiger charge is -2.15. The van der Waals surface area contributed by atoms with Crippen LogP contribution in [0.15, 0.2) is 35.5 Å². The third kappa shape index (κ3) is 5.02. The third-order valence-electron chi connectivity index (χ3n) is 3.55. The predicted octanol–water partition coefficient (Wildman–Crippen LogP) is 0.839. The van der Waals surface area contributed by atoms with Crippen molar-refractivity contribution in [3.8, 4) is 5.75 Å². The SMILES string of the molecule is COc1ccc(S(=O)(=O)N(C)C)cc1NC(=O)COC(=O)c1cnc(C)cn1. The number of rotatable bonds is 7. The van der Waals surface area contributed by atoms with Crippen LogP contribution < -0.4 is 10.1 Å². The van der Waals surface area contributed by atoms with Gasteiger partial charge in [-0.25, -0.2) is 22.5 Å². The van der Waals surface area contributed by atoms with Crippen molar-refractivity contribution in [2.75, 3.05) is 33.1 Å². The van der Waals surface area contributed by atoms with Crippen LogP contribution >= 0.6 is 0 Å². The van der Waals surface area contributed by atoms with Crippen LogP contribution in [-0.2, 0) is 19.6 Å². The van der Waals surface area contributed by atoms with Crippen LogP contribution in [0.2, 0.25) is 0 Å². The van der Waals surface area contributed by atoms with E-state index in [-0.39, 0.29) is 22.0 Å². The number of methoxy groups -OCH3 is 1. The number of nitrogens with zero attached hydrogens (tertiary/aromatic N) is 3. The van der Waals surface area contributed by atoms with Gasteiger partial charge in [-0.2, -0.15) is 0 Å². The minimum absolute atomic E-state index is 0.0273. The molecule has 28 heavy (non-hydrogen) atoms. The highest BCUT2D eigenvalue weighted by Crippen LogP contribution is 2.28. The van der Waals surface area contributed by atoms with E-state index in [0.717, 1.165) is 4.31 Å². The molecule has 0 aliphatic rings. The molecule has 1 amide bonds. The summed E-state index contributed by atoms with van der Waals surface area (Å²) in [6.07, 6.45) is 2.65. The molecule has 0 bridgehead atoms. The summed E-state index contributed by atoms with van der Waals surface area (Å²) in [5, 5.41) is 2.47. The number of hydrogen-bond donors (Lipinski definition) is 1. The van der Waals surface area contributed by atoms with Gasteiger partial charge >= 0.3 is 5.97 Å². The first-order valence-electron chi connectivity index (χ1n) is 8.01. The average Bonchev–Trinajstić information content (AvgIpc) is 2.66. The van der Waals surface area contributed by atoms with Crippen molar-refractivity contribution in [2.45, 2.75) is 11.8 Å². The number of nitrogens with one attached hydrogen (secondary N) is 1. The van der Waals surface area contributed by atoms with Crippen molar-refractivity contribution in [1.82, 2.24) is 14.3 Å². The van der Waals surface area contributed by atoms with Gasteiger partial charge in [0, 0.05) is 20.3 Å². The highest BCUT2D eigenvalue weighted by molar-refractivity contribution is 7.89. The number of esters is 1. The maximum absolute atomic E-state index is 12.3. The Labute approximate surface area is 162 Å². The molecule has 0 atom stereocenters. The van der Waals surface area contributed by atoms with Crippen LogP contribution in [0.5, 0.6) is 5.75 Å². The van der Waals surface area contributed by atoms with Gasteiger partial charge < -0.3 is 14.8 Å². The normalized spacial score (nSPS) is 11.2. The van der Waals surface area contributed by atoms with Gasteiger partial charge in [0.05, 0.1) is 29.6 Å².